The molecular weight excluding hydrogens is 294 g/mol. The van der Waals surface area contributed by atoms with Crippen LogP contribution in [0.2, 0.25) is 0 Å². The lowest BCUT2D eigenvalue weighted by molar-refractivity contribution is -0.135. The van der Waals surface area contributed by atoms with Gasteiger partial charge in [-0.3, -0.25) is 4.79 Å². The van der Waals surface area contributed by atoms with Crippen LogP contribution in [-0.2, 0) is 22.6 Å². The largest absolute Gasteiger partial charge is 0.396 e. The number of hydrogen-bond donors (Lipinski definition) is 2. The number of hydrogen-bond acceptors (Lipinski definition) is 4. The van der Waals surface area contributed by atoms with Crippen molar-refractivity contribution in [3.05, 3.63) is 35.4 Å². The van der Waals surface area contributed by atoms with Gasteiger partial charge < -0.3 is 19.8 Å². The second kappa shape index (κ2) is 8.43. The highest BCUT2D eigenvalue weighted by Crippen LogP contribution is 2.33. The predicted octanol–water partition coefficient (Wildman–Crippen LogP) is 1.36. The summed E-state index contributed by atoms with van der Waals surface area (Å²) in [5.41, 5.74) is 1.56. The lowest BCUT2D eigenvalue weighted by Gasteiger charge is -2.42. The molecule has 5 heteroatoms. The number of likely N-dealkylation sites (tertiary alicyclic amines) is 1. The average molecular weight is 321 g/mol. The number of aliphatic hydroxyl groups is 2. The van der Waals surface area contributed by atoms with Crippen molar-refractivity contribution in [1.29, 1.82) is 0 Å². The van der Waals surface area contributed by atoms with Crippen molar-refractivity contribution in [2.75, 3.05) is 33.4 Å². The van der Waals surface area contributed by atoms with Gasteiger partial charge in [0.25, 0.3) is 0 Å². The Morgan fingerprint density at radius 1 is 1.26 bits per heavy atom. The van der Waals surface area contributed by atoms with Crippen LogP contribution < -0.4 is 0 Å². The molecule has 1 aromatic rings. The molecule has 23 heavy (non-hydrogen) atoms. The molecule has 1 heterocycles. The maximum Gasteiger partial charge on any atom is 0.227 e. The number of carbonyl (C=O) groups is 1. The lowest BCUT2D eigenvalue weighted by Crippen LogP contribution is -2.48. The molecule has 1 aliphatic rings. The van der Waals surface area contributed by atoms with Crippen LogP contribution in [0.5, 0.6) is 0 Å². The predicted molar refractivity (Wildman–Crippen MR) is 87.9 cm³/mol. The summed E-state index contributed by atoms with van der Waals surface area (Å²) in [6.45, 7) is 2.05. The molecule has 0 bridgehead atoms. The van der Waals surface area contributed by atoms with E-state index in [1.807, 2.05) is 29.2 Å². The zero-order chi connectivity index (χ0) is 16.7. The van der Waals surface area contributed by atoms with E-state index in [4.69, 9.17) is 9.84 Å². The van der Waals surface area contributed by atoms with Gasteiger partial charge in [0.15, 0.2) is 0 Å². The van der Waals surface area contributed by atoms with E-state index in [-0.39, 0.29) is 24.5 Å². The highest BCUT2D eigenvalue weighted by molar-refractivity contribution is 5.79. The molecule has 5 nitrogen and oxygen atoms in total. The fraction of sp³-hybridized carbons (Fsp3) is 0.611. The van der Waals surface area contributed by atoms with Gasteiger partial charge in [0.2, 0.25) is 5.91 Å². The van der Waals surface area contributed by atoms with Gasteiger partial charge in [-0.1, -0.05) is 24.3 Å². The molecule has 0 unspecified atom stereocenters. The van der Waals surface area contributed by atoms with Crippen molar-refractivity contribution in [2.45, 2.75) is 32.3 Å². The van der Waals surface area contributed by atoms with Gasteiger partial charge in [-0.15, -0.1) is 0 Å². The third-order valence-electron chi connectivity index (χ3n) is 4.75. The van der Waals surface area contributed by atoms with Gasteiger partial charge in [0.1, 0.15) is 0 Å². The van der Waals surface area contributed by atoms with Crippen molar-refractivity contribution in [1.82, 2.24) is 4.90 Å². The molecule has 1 saturated heterocycles. The van der Waals surface area contributed by atoms with Crippen molar-refractivity contribution in [3.8, 4) is 0 Å². The summed E-state index contributed by atoms with van der Waals surface area (Å²) in [4.78, 5) is 14.4. The second-order valence-electron chi connectivity index (χ2n) is 6.47. The zero-order valence-corrected chi connectivity index (χ0v) is 13.8. The number of amides is 1. The number of nitrogens with zero attached hydrogens (tertiary/aromatic N) is 1. The first kappa shape index (κ1) is 17.9. The number of aliphatic hydroxyl groups excluding tert-OH is 2. The Morgan fingerprint density at radius 2 is 1.96 bits per heavy atom. The fourth-order valence-electron chi connectivity index (χ4n) is 3.20. The normalized spacial score (nSPS) is 21.4. The Hall–Kier alpha value is -1.43. The highest BCUT2D eigenvalue weighted by Gasteiger charge is 2.36. The van der Waals surface area contributed by atoms with Crippen LogP contribution in [0.3, 0.4) is 0 Å². The van der Waals surface area contributed by atoms with E-state index in [9.17, 15) is 9.90 Å². The van der Waals surface area contributed by atoms with Crippen LogP contribution in [0, 0.1) is 5.41 Å². The average Bonchev–Trinajstić information content (AvgIpc) is 2.61. The van der Waals surface area contributed by atoms with E-state index in [0.717, 1.165) is 36.9 Å². The third-order valence-corrected chi connectivity index (χ3v) is 4.75. The number of ether oxygens (including phenoxy) is 1. The standard InChI is InChI=1S/C18H27NO4/c1-23-10-8-18(14-21)7-2-9-19(13-18)17(22)11-15-3-5-16(12-20)6-4-15/h3-6,20-21H,2,7-14H2,1H3/t18-/m1/s1. The van der Waals surface area contributed by atoms with E-state index in [0.29, 0.717) is 19.6 Å². The maximum atomic E-state index is 12.6. The summed E-state index contributed by atoms with van der Waals surface area (Å²) in [7, 11) is 1.66. The molecule has 1 aliphatic heterocycles. The van der Waals surface area contributed by atoms with Crippen LogP contribution >= 0.6 is 0 Å². The Balaban J connectivity index is 1.97. The quantitative estimate of drug-likeness (QED) is 0.795. The first-order valence-corrected chi connectivity index (χ1v) is 8.19. The number of benzene rings is 1. The Kier molecular flexibility index (Phi) is 6.57. The summed E-state index contributed by atoms with van der Waals surface area (Å²) < 4.78 is 5.15. The number of piperidine rings is 1. The van der Waals surface area contributed by atoms with Gasteiger partial charge in [-0.2, -0.15) is 0 Å². The SMILES string of the molecule is COCC[C@]1(CO)CCCN(C(=O)Cc2ccc(CO)cc2)C1. The van der Waals surface area contributed by atoms with Gasteiger partial charge in [0, 0.05) is 32.2 Å². The molecule has 2 rings (SSSR count). The molecule has 0 saturated carbocycles. The molecule has 1 fully saturated rings. The third kappa shape index (κ3) is 4.77. The van der Waals surface area contributed by atoms with Gasteiger partial charge >= 0.3 is 0 Å². The Bertz CT molecular complexity index is 502. The topological polar surface area (TPSA) is 70.0 Å². The molecule has 1 atom stereocenters. The number of methoxy groups -OCH3 is 1. The van der Waals surface area contributed by atoms with E-state index >= 15 is 0 Å². The van der Waals surface area contributed by atoms with Crippen molar-refractivity contribution < 1.29 is 19.7 Å². The summed E-state index contributed by atoms with van der Waals surface area (Å²) >= 11 is 0. The smallest absolute Gasteiger partial charge is 0.227 e. The Labute approximate surface area is 137 Å². The minimum atomic E-state index is -0.231. The molecule has 1 aromatic carbocycles. The van der Waals surface area contributed by atoms with Crippen molar-refractivity contribution in [3.63, 3.8) is 0 Å². The van der Waals surface area contributed by atoms with Crippen LogP contribution in [-0.4, -0.2) is 54.4 Å². The molecule has 0 aromatic heterocycles. The lowest BCUT2D eigenvalue weighted by atomic mass is 9.78. The van der Waals surface area contributed by atoms with Crippen LogP contribution in [0.1, 0.15) is 30.4 Å². The van der Waals surface area contributed by atoms with E-state index in [2.05, 4.69) is 0 Å². The van der Waals surface area contributed by atoms with Gasteiger partial charge in [0.05, 0.1) is 19.6 Å². The minimum absolute atomic E-state index is 0.0128. The highest BCUT2D eigenvalue weighted by atomic mass is 16.5. The number of carbonyl (C=O) groups excluding carboxylic acids is 1. The van der Waals surface area contributed by atoms with E-state index < -0.39 is 0 Å². The van der Waals surface area contributed by atoms with E-state index in [1.54, 1.807) is 7.11 Å². The van der Waals surface area contributed by atoms with Crippen LogP contribution in [0.25, 0.3) is 0 Å². The molecule has 1 amide bonds. The molecular formula is C18H27NO4. The fourth-order valence-corrected chi connectivity index (χ4v) is 3.20. The summed E-state index contributed by atoms with van der Waals surface area (Å²) in [5, 5.41) is 18.9. The Morgan fingerprint density at radius 3 is 2.57 bits per heavy atom. The molecule has 2 N–H and O–H groups in total. The summed E-state index contributed by atoms with van der Waals surface area (Å²) in [5.74, 6) is 0.0942. The zero-order valence-electron chi connectivity index (χ0n) is 13.8. The first-order chi connectivity index (χ1) is 11.1. The number of rotatable bonds is 7. The first-order valence-electron chi connectivity index (χ1n) is 8.19. The maximum absolute atomic E-state index is 12.6. The molecule has 128 valence electrons. The van der Waals surface area contributed by atoms with Crippen molar-refractivity contribution in [2.24, 2.45) is 5.41 Å². The minimum Gasteiger partial charge on any atom is -0.396 e. The van der Waals surface area contributed by atoms with Crippen molar-refractivity contribution >= 4 is 5.91 Å². The molecule has 0 radical (unpaired) electrons. The summed E-state index contributed by atoms with van der Waals surface area (Å²) in [6, 6.07) is 7.46. The monoisotopic (exact) mass is 321 g/mol. The molecule has 0 spiro atoms. The molecule has 0 aliphatic carbocycles. The van der Waals surface area contributed by atoms with Gasteiger partial charge in [-0.25, -0.2) is 0 Å². The second-order valence-corrected chi connectivity index (χ2v) is 6.47. The summed E-state index contributed by atoms with van der Waals surface area (Å²) in [6.07, 6.45) is 2.98. The van der Waals surface area contributed by atoms with Gasteiger partial charge in [-0.05, 0) is 30.4 Å². The van der Waals surface area contributed by atoms with Crippen LogP contribution in [0.15, 0.2) is 24.3 Å². The van der Waals surface area contributed by atoms with Crippen LogP contribution in [0.4, 0.5) is 0 Å². The van der Waals surface area contributed by atoms with E-state index in [1.165, 1.54) is 0 Å².